The first-order chi connectivity index (χ1) is 7.56. The number of aliphatic hydroxyl groups excluding tert-OH is 1. The summed E-state index contributed by atoms with van der Waals surface area (Å²) in [5, 5.41) is 26.5. The van der Waals surface area contributed by atoms with Crippen LogP contribution in [0.3, 0.4) is 0 Å². The molecule has 0 aromatic heterocycles. The van der Waals surface area contributed by atoms with Gasteiger partial charge < -0.3 is 20.2 Å². The molecule has 0 aromatic carbocycles. The van der Waals surface area contributed by atoms with Gasteiger partial charge in [-0.25, -0.2) is 0 Å². The number of aliphatic hydroxyl groups is 1. The van der Waals surface area contributed by atoms with E-state index < -0.39 is 23.8 Å². The van der Waals surface area contributed by atoms with Crippen LogP contribution >= 0.6 is 0 Å². The molecule has 0 aromatic rings. The second-order valence-electron chi connectivity index (χ2n) is 4.06. The number of piperidine rings is 1. The maximum atomic E-state index is 10.9. The van der Waals surface area contributed by atoms with Gasteiger partial charge in [-0.05, 0) is 19.4 Å². The van der Waals surface area contributed by atoms with Gasteiger partial charge in [-0.15, -0.1) is 0 Å². The molecule has 2 unspecified atom stereocenters. The van der Waals surface area contributed by atoms with E-state index in [0.717, 1.165) is 0 Å². The van der Waals surface area contributed by atoms with Crippen molar-refractivity contribution < 1.29 is 24.9 Å². The smallest absolute Gasteiger partial charge is 0.308 e. The van der Waals surface area contributed by atoms with Gasteiger partial charge in [0.25, 0.3) is 0 Å². The number of rotatable bonds is 5. The van der Waals surface area contributed by atoms with Crippen molar-refractivity contribution in [1.29, 1.82) is 0 Å². The van der Waals surface area contributed by atoms with Crippen LogP contribution in [-0.4, -0.2) is 58.4 Å². The lowest BCUT2D eigenvalue weighted by molar-refractivity contribution is -0.157. The van der Waals surface area contributed by atoms with E-state index in [2.05, 4.69) is 0 Å². The summed E-state index contributed by atoms with van der Waals surface area (Å²) >= 11 is 0. The maximum absolute atomic E-state index is 10.9. The maximum Gasteiger partial charge on any atom is 0.308 e. The van der Waals surface area contributed by atoms with Crippen LogP contribution in [0, 0.1) is 11.8 Å². The highest BCUT2D eigenvalue weighted by Crippen LogP contribution is 2.24. The van der Waals surface area contributed by atoms with Gasteiger partial charge in [0.15, 0.2) is 0 Å². The Hall–Kier alpha value is -1.14. The van der Waals surface area contributed by atoms with E-state index in [1.165, 1.54) is 0 Å². The van der Waals surface area contributed by atoms with Crippen molar-refractivity contribution in [3.8, 4) is 0 Å². The van der Waals surface area contributed by atoms with Crippen LogP contribution in [0.2, 0.25) is 0 Å². The molecule has 6 heteroatoms. The predicted molar refractivity (Wildman–Crippen MR) is 55.0 cm³/mol. The Morgan fingerprint density at radius 3 is 2.31 bits per heavy atom. The Bertz CT molecular complexity index is 268. The zero-order valence-corrected chi connectivity index (χ0v) is 9.00. The van der Waals surface area contributed by atoms with Crippen LogP contribution < -0.4 is 0 Å². The molecule has 0 spiro atoms. The van der Waals surface area contributed by atoms with Crippen molar-refractivity contribution in [1.82, 2.24) is 4.90 Å². The van der Waals surface area contributed by atoms with Gasteiger partial charge in [0.2, 0.25) is 0 Å². The van der Waals surface area contributed by atoms with Crippen molar-refractivity contribution in [2.24, 2.45) is 11.8 Å². The Kier molecular flexibility index (Phi) is 4.70. The molecular weight excluding hydrogens is 214 g/mol. The number of nitrogens with zero attached hydrogens (tertiary/aromatic N) is 1. The van der Waals surface area contributed by atoms with E-state index in [1.54, 1.807) is 0 Å². The molecule has 92 valence electrons. The largest absolute Gasteiger partial charge is 0.481 e. The van der Waals surface area contributed by atoms with Crippen molar-refractivity contribution in [2.45, 2.75) is 12.8 Å². The van der Waals surface area contributed by atoms with E-state index in [-0.39, 0.29) is 13.2 Å². The number of carbonyl (C=O) groups is 2. The van der Waals surface area contributed by atoms with E-state index >= 15 is 0 Å². The highest BCUT2D eigenvalue weighted by atomic mass is 16.4. The van der Waals surface area contributed by atoms with Gasteiger partial charge in [-0.3, -0.25) is 9.59 Å². The van der Waals surface area contributed by atoms with E-state index in [9.17, 15) is 9.59 Å². The number of hydrogen-bond acceptors (Lipinski definition) is 4. The molecule has 1 heterocycles. The molecule has 6 nitrogen and oxygen atoms in total. The molecule has 0 aliphatic carbocycles. The minimum Gasteiger partial charge on any atom is -0.481 e. The van der Waals surface area contributed by atoms with Gasteiger partial charge in [0.05, 0.1) is 11.8 Å². The normalized spacial score (nSPS) is 26.6. The van der Waals surface area contributed by atoms with Gasteiger partial charge in [-0.2, -0.15) is 0 Å². The fourth-order valence-corrected chi connectivity index (χ4v) is 2.06. The highest BCUT2D eigenvalue weighted by molar-refractivity contribution is 5.80. The van der Waals surface area contributed by atoms with Crippen LogP contribution in [0.1, 0.15) is 12.8 Å². The summed E-state index contributed by atoms with van der Waals surface area (Å²) < 4.78 is 0. The molecule has 2 atom stereocenters. The first-order valence-corrected chi connectivity index (χ1v) is 5.35. The summed E-state index contributed by atoms with van der Waals surface area (Å²) in [6, 6.07) is 0. The van der Waals surface area contributed by atoms with E-state index in [4.69, 9.17) is 15.3 Å². The molecule has 0 radical (unpaired) electrons. The summed E-state index contributed by atoms with van der Waals surface area (Å²) in [6.45, 7) is 1.52. The SMILES string of the molecule is O=C(O)C1CCN(CCCO)CC1C(=O)O. The molecule has 1 saturated heterocycles. The molecule has 0 bridgehead atoms. The summed E-state index contributed by atoms with van der Waals surface area (Å²) in [6.07, 6.45) is 0.946. The average Bonchev–Trinajstić information content (AvgIpc) is 2.25. The first kappa shape index (κ1) is 12.9. The highest BCUT2D eigenvalue weighted by Gasteiger charge is 2.38. The fraction of sp³-hybridized carbons (Fsp3) is 0.800. The molecule has 0 amide bonds. The third-order valence-electron chi connectivity index (χ3n) is 2.96. The third-order valence-corrected chi connectivity index (χ3v) is 2.96. The minimum absolute atomic E-state index is 0.0661. The second kappa shape index (κ2) is 5.81. The van der Waals surface area contributed by atoms with Crippen LogP contribution in [0.15, 0.2) is 0 Å². The van der Waals surface area contributed by atoms with Crippen LogP contribution in [0.25, 0.3) is 0 Å². The molecule has 1 fully saturated rings. The van der Waals surface area contributed by atoms with Crippen LogP contribution in [0.4, 0.5) is 0 Å². The lowest BCUT2D eigenvalue weighted by atomic mass is 9.85. The molecular formula is C10H17NO5. The number of carboxylic acid groups (broad SMARTS) is 2. The second-order valence-corrected chi connectivity index (χ2v) is 4.06. The average molecular weight is 231 g/mol. The zero-order chi connectivity index (χ0) is 12.1. The number of hydrogen-bond donors (Lipinski definition) is 3. The molecule has 0 saturated carbocycles. The van der Waals surface area contributed by atoms with Gasteiger partial charge in [-0.1, -0.05) is 0 Å². The van der Waals surface area contributed by atoms with Gasteiger partial charge in [0, 0.05) is 19.7 Å². The lowest BCUT2D eigenvalue weighted by Gasteiger charge is -2.34. The number of carboxylic acids is 2. The summed E-state index contributed by atoms with van der Waals surface area (Å²) in [5.41, 5.74) is 0. The predicted octanol–water partition coefficient (Wildman–Crippen LogP) is -0.524. The van der Waals surface area contributed by atoms with Crippen molar-refractivity contribution in [2.75, 3.05) is 26.2 Å². The Balaban J connectivity index is 2.58. The van der Waals surface area contributed by atoms with E-state index in [1.807, 2.05) is 4.90 Å². The van der Waals surface area contributed by atoms with Gasteiger partial charge in [0.1, 0.15) is 0 Å². The third kappa shape index (κ3) is 3.18. The molecule has 1 aliphatic heterocycles. The standard InChI is InChI=1S/C10H17NO5/c12-5-1-3-11-4-2-7(9(13)14)8(6-11)10(15)16/h7-8,12H,1-6H2,(H,13,14)(H,15,16). The van der Waals surface area contributed by atoms with E-state index in [0.29, 0.717) is 25.9 Å². The number of likely N-dealkylation sites (tertiary alicyclic amines) is 1. The summed E-state index contributed by atoms with van der Waals surface area (Å²) in [7, 11) is 0. The topological polar surface area (TPSA) is 98.1 Å². The summed E-state index contributed by atoms with van der Waals surface area (Å²) in [5.74, 6) is -3.72. The Morgan fingerprint density at radius 1 is 1.19 bits per heavy atom. The van der Waals surface area contributed by atoms with Crippen molar-refractivity contribution in [3.63, 3.8) is 0 Å². The Morgan fingerprint density at radius 2 is 1.81 bits per heavy atom. The molecule has 3 N–H and O–H groups in total. The first-order valence-electron chi connectivity index (χ1n) is 5.35. The molecule has 1 rings (SSSR count). The monoisotopic (exact) mass is 231 g/mol. The fourth-order valence-electron chi connectivity index (χ4n) is 2.06. The van der Waals surface area contributed by atoms with Crippen molar-refractivity contribution in [3.05, 3.63) is 0 Å². The lowest BCUT2D eigenvalue weighted by Crippen LogP contribution is -2.46. The minimum atomic E-state index is -1.05. The number of aliphatic carboxylic acids is 2. The quantitative estimate of drug-likeness (QED) is 0.588. The van der Waals surface area contributed by atoms with Gasteiger partial charge >= 0.3 is 11.9 Å². The van der Waals surface area contributed by atoms with Crippen molar-refractivity contribution >= 4 is 11.9 Å². The van der Waals surface area contributed by atoms with Crippen LogP contribution in [-0.2, 0) is 9.59 Å². The summed E-state index contributed by atoms with van der Waals surface area (Å²) in [4.78, 5) is 23.7. The zero-order valence-electron chi connectivity index (χ0n) is 9.00. The molecule has 16 heavy (non-hydrogen) atoms. The Labute approximate surface area is 93.5 Å². The molecule has 1 aliphatic rings. The van der Waals surface area contributed by atoms with Crippen LogP contribution in [0.5, 0.6) is 0 Å².